The molecule has 1 saturated carbocycles. The summed E-state index contributed by atoms with van der Waals surface area (Å²) in [7, 11) is 0. The van der Waals surface area contributed by atoms with Gasteiger partial charge in [-0.1, -0.05) is 50.1 Å². The van der Waals surface area contributed by atoms with E-state index >= 15 is 0 Å². The van der Waals surface area contributed by atoms with Gasteiger partial charge in [-0.25, -0.2) is 0 Å². The molecule has 21 heavy (non-hydrogen) atoms. The molecule has 4 heteroatoms. The Hall–Kier alpha value is -1.31. The van der Waals surface area contributed by atoms with Crippen LogP contribution in [0.4, 0.5) is 5.69 Å². The van der Waals surface area contributed by atoms with E-state index in [9.17, 15) is 5.26 Å². The second-order valence-corrected chi connectivity index (χ2v) is 7.10. The van der Waals surface area contributed by atoms with Crippen molar-refractivity contribution in [2.45, 2.75) is 24.8 Å². The molecule has 0 aromatic heterocycles. The summed E-state index contributed by atoms with van der Waals surface area (Å²) in [5, 5.41) is 12.7. The molecule has 0 unspecified atom stereocenters. The van der Waals surface area contributed by atoms with Crippen LogP contribution < -0.4 is 5.32 Å². The highest BCUT2D eigenvalue weighted by Crippen LogP contribution is 2.41. The first kappa shape index (κ1) is 14.6. The third-order valence-electron chi connectivity index (χ3n) is 3.94. The maximum atomic E-state index is 9.20. The second kappa shape index (κ2) is 6.21. The van der Waals surface area contributed by atoms with Gasteiger partial charge in [0.25, 0.3) is 0 Å². The summed E-state index contributed by atoms with van der Waals surface area (Å²) in [6, 6.07) is 16.9. The van der Waals surface area contributed by atoms with E-state index < -0.39 is 0 Å². The zero-order valence-corrected chi connectivity index (χ0v) is 14.5. The summed E-state index contributed by atoms with van der Waals surface area (Å²) in [5.41, 5.74) is 3.00. The fourth-order valence-electron chi connectivity index (χ4n) is 2.75. The predicted molar refractivity (Wildman–Crippen MR) is 92.4 cm³/mol. The Morgan fingerprint density at radius 2 is 1.86 bits per heavy atom. The molecule has 0 aliphatic heterocycles. The molecule has 106 valence electrons. The van der Waals surface area contributed by atoms with Crippen LogP contribution in [0, 0.1) is 11.3 Å². The molecular formula is C17H14Br2N2. The minimum atomic E-state index is 0.440. The van der Waals surface area contributed by atoms with E-state index in [0.717, 1.165) is 23.0 Å². The molecule has 2 nitrogen and oxygen atoms in total. The van der Waals surface area contributed by atoms with Crippen molar-refractivity contribution in [3.8, 4) is 6.07 Å². The fraction of sp³-hybridized carbons (Fsp3) is 0.235. The van der Waals surface area contributed by atoms with Gasteiger partial charge < -0.3 is 5.32 Å². The molecule has 0 radical (unpaired) electrons. The molecule has 0 heterocycles. The van der Waals surface area contributed by atoms with Crippen molar-refractivity contribution in [3.05, 3.63) is 62.5 Å². The van der Waals surface area contributed by atoms with Gasteiger partial charge in [0.1, 0.15) is 6.07 Å². The van der Waals surface area contributed by atoms with Crippen molar-refractivity contribution in [2.24, 2.45) is 0 Å². The number of anilines is 1. The third-order valence-corrected chi connectivity index (χ3v) is 5.16. The molecule has 2 aromatic rings. The van der Waals surface area contributed by atoms with Gasteiger partial charge in [-0.3, -0.25) is 0 Å². The summed E-state index contributed by atoms with van der Waals surface area (Å²) < 4.78 is 2.12. The first-order chi connectivity index (χ1) is 10.2. The van der Waals surface area contributed by atoms with Crippen LogP contribution in [-0.2, 0) is 0 Å². The van der Waals surface area contributed by atoms with Gasteiger partial charge in [0, 0.05) is 15.0 Å². The quantitative estimate of drug-likeness (QED) is 0.737. The van der Waals surface area contributed by atoms with Crippen LogP contribution in [-0.4, -0.2) is 6.04 Å². The monoisotopic (exact) mass is 404 g/mol. The van der Waals surface area contributed by atoms with Gasteiger partial charge in [-0.15, -0.1) is 0 Å². The molecule has 0 saturated heterocycles. The van der Waals surface area contributed by atoms with Gasteiger partial charge in [0.15, 0.2) is 0 Å². The topological polar surface area (TPSA) is 35.8 Å². The largest absolute Gasteiger partial charge is 0.381 e. The van der Waals surface area contributed by atoms with E-state index in [2.05, 4.69) is 61.4 Å². The summed E-state index contributed by atoms with van der Waals surface area (Å²) in [6.45, 7) is 0. The van der Waals surface area contributed by atoms with Gasteiger partial charge >= 0.3 is 0 Å². The number of nitrogens with one attached hydrogen (secondary N) is 1. The first-order valence-corrected chi connectivity index (χ1v) is 8.46. The van der Waals surface area contributed by atoms with Crippen LogP contribution in [0.1, 0.15) is 29.9 Å². The lowest BCUT2D eigenvalue weighted by molar-refractivity contribution is 0.373. The van der Waals surface area contributed by atoms with Crippen molar-refractivity contribution in [3.63, 3.8) is 0 Å². The minimum absolute atomic E-state index is 0.440. The third kappa shape index (κ3) is 3.14. The SMILES string of the molecule is N#Cc1cc(Br)ccc1NC1CC(c2ccccc2Br)C1. The van der Waals surface area contributed by atoms with Gasteiger partial charge in [0.05, 0.1) is 11.3 Å². The van der Waals surface area contributed by atoms with Crippen molar-refractivity contribution in [1.82, 2.24) is 0 Å². The summed E-state index contributed by atoms with van der Waals surface area (Å²) in [4.78, 5) is 0. The Bertz CT molecular complexity index is 700. The van der Waals surface area contributed by atoms with E-state index in [1.807, 2.05) is 24.3 Å². The second-order valence-electron chi connectivity index (χ2n) is 5.33. The van der Waals surface area contributed by atoms with E-state index in [0.29, 0.717) is 17.5 Å². The minimum Gasteiger partial charge on any atom is -0.381 e. The summed E-state index contributed by atoms with van der Waals surface area (Å²) in [5.74, 6) is 0.596. The number of nitriles is 1. The Balaban J connectivity index is 1.66. The van der Waals surface area contributed by atoms with Crippen LogP contribution in [0.3, 0.4) is 0 Å². The summed E-state index contributed by atoms with van der Waals surface area (Å²) in [6.07, 6.45) is 2.20. The zero-order valence-electron chi connectivity index (χ0n) is 11.3. The number of benzene rings is 2. The van der Waals surface area contributed by atoms with Crippen LogP contribution in [0.25, 0.3) is 0 Å². The average Bonchev–Trinajstić information content (AvgIpc) is 2.44. The van der Waals surface area contributed by atoms with Crippen molar-refractivity contribution in [1.29, 1.82) is 5.26 Å². The highest BCUT2D eigenvalue weighted by molar-refractivity contribution is 9.10. The maximum absolute atomic E-state index is 9.20. The number of rotatable bonds is 3. The molecule has 0 amide bonds. The van der Waals surface area contributed by atoms with Crippen molar-refractivity contribution >= 4 is 37.5 Å². The van der Waals surface area contributed by atoms with Crippen LogP contribution in [0.15, 0.2) is 51.4 Å². The first-order valence-electron chi connectivity index (χ1n) is 6.88. The van der Waals surface area contributed by atoms with E-state index in [-0.39, 0.29) is 0 Å². The number of nitrogens with zero attached hydrogens (tertiary/aromatic N) is 1. The fourth-order valence-corrected chi connectivity index (χ4v) is 3.72. The Kier molecular flexibility index (Phi) is 4.32. The zero-order chi connectivity index (χ0) is 14.8. The Morgan fingerprint density at radius 3 is 2.57 bits per heavy atom. The van der Waals surface area contributed by atoms with Crippen LogP contribution in [0.5, 0.6) is 0 Å². The Morgan fingerprint density at radius 1 is 1.10 bits per heavy atom. The molecule has 0 bridgehead atoms. The number of halogens is 2. The lowest BCUT2D eigenvalue weighted by Gasteiger charge is -2.37. The highest BCUT2D eigenvalue weighted by Gasteiger charge is 2.31. The van der Waals surface area contributed by atoms with E-state index in [1.165, 1.54) is 10.0 Å². The molecule has 2 aromatic carbocycles. The number of hydrogen-bond acceptors (Lipinski definition) is 2. The van der Waals surface area contributed by atoms with Gasteiger partial charge in [-0.2, -0.15) is 5.26 Å². The summed E-state index contributed by atoms with van der Waals surface area (Å²) >= 11 is 7.02. The lowest BCUT2D eigenvalue weighted by Crippen LogP contribution is -2.34. The van der Waals surface area contributed by atoms with E-state index in [1.54, 1.807) is 0 Å². The molecule has 0 spiro atoms. The molecule has 1 N–H and O–H groups in total. The molecule has 1 aliphatic carbocycles. The average molecular weight is 406 g/mol. The number of hydrogen-bond donors (Lipinski definition) is 1. The van der Waals surface area contributed by atoms with Gasteiger partial charge in [0.2, 0.25) is 0 Å². The molecular weight excluding hydrogens is 392 g/mol. The molecule has 0 atom stereocenters. The van der Waals surface area contributed by atoms with Crippen molar-refractivity contribution < 1.29 is 0 Å². The van der Waals surface area contributed by atoms with Gasteiger partial charge in [-0.05, 0) is 48.6 Å². The van der Waals surface area contributed by atoms with Crippen molar-refractivity contribution in [2.75, 3.05) is 5.32 Å². The standard InChI is InChI=1S/C17H14Br2N2/c18-13-5-6-17(12(7-13)10-20)21-14-8-11(9-14)15-3-1-2-4-16(15)19/h1-7,11,14,21H,8-9H2. The molecule has 1 fully saturated rings. The maximum Gasteiger partial charge on any atom is 0.101 e. The van der Waals surface area contributed by atoms with Crippen LogP contribution >= 0.6 is 31.9 Å². The smallest absolute Gasteiger partial charge is 0.101 e. The Labute approximate surface area is 141 Å². The van der Waals surface area contributed by atoms with Crippen LogP contribution in [0.2, 0.25) is 0 Å². The molecule has 1 aliphatic rings. The van der Waals surface area contributed by atoms with E-state index in [4.69, 9.17) is 0 Å². The lowest BCUT2D eigenvalue weighted by atomic mass is 9.76. The highest BCUT2D eigenvalue weighted by atomic mass is 79.9. The molecule has 3 rings (SSSR count). The predicted octanol–water partition coefficient (Wildman–Crippen LogP) is 5.44. The normalized spacial score (nSPS) is 20.4.